The Kier molecular flexibility index (Phi) is 9.00. The number of rotatable bonds is 13. The lowest BCUT2D eigenvalue weighted by atomic mass is 10.0. The van der Waals surface area contributed by atoms with Crippen LogP contribution in [0.4, 0.5) is 0 Å². The van der Waals surface area contributed by atoms with E-state index in [-0.39, 0.29) is 0 Å². The number of fused-ring (bicyclic) bond motifs is 3. The highest BCUT2D eigenvalue weighted by Crippen LogP contribution is 2.37. The Morgan fingerprint density at radius 1 is 0.625 bits per heavy atom. The van der Waals surface area contributed by atoms with Gasteiger partial charge in [-0.1, -0.05) is 33.8 Å². The summed E-state index contributed by atoms with van der Waals surface area (Å²) in [5.74, 6) is 2.61. The molecule has 5 nitrogen and oxygen atoms in total. The molecule has 3 rings (SSSR count). The molecule has 5 heteroatoms. The molecule has 0 bridgehead atoms. The summed E-state index contributed by atoms with van der Waals surface area (Å²) in [4.78, 5) is 4.72. The predicted molar refractivity (Wildman–Crippen MR) is 135 cm³/mol. The van der Waals surface area contributed by atoms with E-state index in [1.165, 1.54) is 5.39 Å². The highest BCUT2D eigenvalue weighted by atomic mass is 16.5. The third-order valence-electron chi connectivity index (χ3n) is 6.22. The Morgan fingerprint density at radius 2 is 1.16 bits per heavy atom. The van der Waals surface area contributed by atoms with Crippen molar-refractivity contribution in [3.8, 4) is 17.2 Å². The molecule has 0 aliphatic carbocycles. The van der Waals surface area contributed by atoms with E-state index in [0.717, 1.165) is 72.7 Å². The lowest BCUT2D eigenvalue weighted by Crippen LogP contribution is -2.27. The van der Waals surface area contributed by atoms with E-state index in [0.29, 0.717) is 13.2 Å². The van der Waals surface area contributed by atoms with Gasteiger partial charge in [0.05, 0.1) is 7.11 Å². The van der Waals surface area contributed by atoms with Crippen molar-refractivity contribution in [1.29, 1.82) is 0 Å². The van der Waals surface area contributed by atoms with Crippen LogP contribution in [0.3, 0.4) is 0 Å². The van der Waals surface area contributed by atoms with Crippen molar-refractivity contribution >= 4 is 21.5 Å². The van der Waals surface area contributed by atoms with Gasteiger partial charge in [-0.15, -0.1) is 0 Å². The Balaban J connectivity index is 1.80. The van der Waals surface area contributed by atoms with Gasteiger partial charge in [0.1, 0.15) is 30.5 Å². The van der Waals surface area contributed by atoms with E-state index < -0.39 is 0 Å². The normalized spacial score (nSPS) is 11.6. The summed E-state index contributed by atoms with van der Waals surface area (Å²) in [6, 6.07) is 14.7. The fourth-order valence-electron chi connectivity index (χ4n) is 4.10. The fourth-order valence-corrected chi connectivity index (χ4v) is 4.10. The Hall–Kier alpha value is -2.50. The number of nitrogens with zero attached hydrogens (tertiary/aromatic N) is 2. The van der Waals surface area contributed by atoms with Crippen molar-refractivity contribution < 1.29 is 14.2 Å². The average molecular weight is 439 g/mol. The SMILES string of the molecule is CCN(CC)CCOc1ccc2c(c1)cc(OC)c1cc(OCCN(CC)CC)ccc12. The summed E-state index contributed by atoms with van der Waals surface area (Å²) in [6.07, 6.45) is 0. The predicted octanol–water partition coefficient (Wildman–Crippen LogP) is 5.44. The Labute approximate surface area is 192 Å². The van der Waals surface area contributed by atoms with Gasteiger partial charge in [-0.3, -0.25) is 0 Å². The number of ether oxygens (including phenoxy) is 3. The molecular formula is C27H38N2O3. The number of hydrogen-bond donors (Lipinski definition) is 0. The fraction of sp³-hybridized carbons (Fsp3) is 0.481. The first-order chi connectivity index (χ1) is 15.6. The highest BCUT2D eigenvalue weighted by molar-refractivity contribution is 6.11. The van der Waals surface area contributed by atoms with Crippen LogP contribution in [0.5, 0.6) is 17.2 Å². The molecule has 0 saturated heterocycles. The third kappa shape index (κ3) is 5.84. The lowest BCUT2D eigenvalue weighted by molar-refractivity contribution is 0.223. The lowest BCUT2D eigenvalue weighted by Gasteiger charge is -2.19. The first kappa shape index (κ1) is 24.1. The second-order valence-corrected chi connectivity index (χ2v) is 7.92. The van der Waals surface area contributed by atoms with Crippen molar-refractivity contribution in [2.45, 2.75) is 27.7 Å². The number of hydrogen-bond acceptors (Lipinski definition) is 5. The van der Waals surface area contributed by atoms with Gasteiger partial charge in [-0.2, -0.15) is 0 Å². The second-order valence-electron chi connectivity index (χ2n) is 7.92. The van der Waals surface area contributed by atoms with E-state index >= 15 is 0 Å². The van der Waals surface area contributed by atoms with Gasteiger partial charge in [0.25, 0.3) is 0 Å². The van der Waals surface area contributed by atoms with Crippen molar-refractivity contribution in [3.63, 3.8) is 0 Å². The average Bonchev–Trinajstić information content (AvgIpc) is 2.83. The van der Waals surface area contributed by atoms with E-state index in [9.17, 15) is 0 Å². The van der Waals surface area contributed by atoms with Crippen LogP contribution in [0.2, 0.25) is 0 Å². The molecule has 0 heterocycles. The molecule has 0 radical (unpaired) electrons. The topological polar surface area (TPSA) is 34.2 Å². The van der Waals surface area contributed by atoms with Gasteiger partial charge in [-0.05, 0) is 78.7 Å². The van der Waals surface area contributed by atoms with Crippen LogP contribution in [0.1, 0.15) is 27.7 Å². The summed E-state index contributed by atoms with van der Waals surface area (Å²) in [5, 5.41) is 4.53. The molecule has 0 aromatic heterocycles. The van der Waals surface area contributed by atoms with E-state index in [4.69, 9.17) is 14.2 Å². The summed E-state index contributed by atoms with van der Waals surface area (Å²) in [5.41, 5.74) is 0. The maximum atomic E-state index is 6.04. The minimum absolute atomic E-state index is 0.678. The summed E-state index contributed by atoms with van der Waals surface area (Å²) in [6.45, 7) is 16.1. The van der Waals surface area contributed by atoms with Crippen molar-refractivity contribution in [2.24, 2.45) is 0 Å². The molecule has 0 aliphatic rings. The molecule has 0 spiro atoms. The maximum absolute atomic E-state index is 6.04. The smallest absolute Gasteiger partial charge is 0.127 e. The quantitative estimate of drug-likeness (QED) is 0.332. The minimum Gasteiger partial charge on any atom is -0.496 e. The molecule has 174 valence electrons. The molecule has 32 heavy (non-hydrogen) atoms. The van der Waals surface area contributed by atoms with Crippen LogP contribution in [-0.4, -0.2) is 69.4 Å². The highest BCUT2D eigenvalue weighted by Gasteiger charge is 2.10. The van der Waals surface area contributed by atoms with Crippen LogP contribution in [-0.2, 0) is 0 Å². The van der Waals surface area contributed by atoms with Gasteiger partial charge in [0.2, 0.25) is 0 Å². The molecule has 0 unspecified atom stereocenters. The van der Waals surface area contributed by atoms with E-state index in [2.05, 4.69) is 80.0 Å². The zero-order valence-corrected chi connectivity index (χ0v) is 20.3. The van der Waals surface area contributed by atoms with Crippen LogP contribution in [0, 0.1) is 0 Å². The van der Waals surface area contributed by atoms with Crippen molar-refractivity contribution in [1.82, 2.24) is 9.80 Å². The van der Waals surface area contributed by atoms with Gasteiger partial charge in [-0.25, -0.2) is 0 Å². The maximum Gasteiger partial charge on any atom is 0.127 e. The van der Waals surface area contributed by atoms with E-state index in [1.807, 2.05) is 0 Å². The van der Waals surface area contributed by atoms with Gasteiger partial charge in [0.15, 0.2) is 0 Å². The molecule has 3 aromatic carbocycles. The van der Waals surface area contributed by atoms with Crippen LogP contribution < -0.4 is 14.2 Å². The third-order valence-corrected chi connectivity index (χ3v) is 6.22. The molecule has 3 aromatic rings. The summed E-state index contributed by atoms with van der Waals surface area (Å²) in [7, 11) is 1.72. The first-order valence-electron chi connectivity index (χ1n) is 11.9. The van der Waals surface area contributed by atoms with E-state index in [1.54, 1.807) is 7.11 Å². The Bertz CT molecular complexity index is 997. The molecule has 0 amide bonds. The van der Waals surface area contributed by atoms with Crippen LogP contribution >= 0.6 is 0 Å². The van der Waals surface area contributed by atoms with Gasteiger partial charge in [0, 0.05) is 18.5 Å². The van der Waals surface area contributed by atoms with Crippen molar-refractivity contribution in [2.75, 3.05) is 59.6 Å². The summed E-state index contributed by atoms with van der Waals surface area (Å²) < 4.78 is 17.8. The zero-order chi connectivity index (χ0) is 22.9. The standard InChI is InChI=1S/C27H38N2O3/c1-6-28(7-2)14-16-31-22-10-12-24-21(18-22)19-27(30-5)26-20-23(11-13-25(24)26)32-17-15-29(8-3)9-4/h10-13,18-20H,6-9,14-17H2,1-5H3. The molecule has 0 fully saturated rings. The monoisotopic (exact) mass is 438 g/mol. The molecule has 0 N–H and O–H groups in total. The number of benzene rings is 3. The minimum atomic E-state index is 0.678. The second kappa shape index (κ2) is 11.9. The van der Waals surface area contributed by atoms with Crippen LogP contribution in [0.15, 0.2) is 42.5 Å². The zero-order valence-electron chi connectivity index (χ0n) is 20.3. The largest absolute Gasteiger partial charge is 0.496 e. The molecule has 0 aliphatic heterocycles. The first-order valence-corrected chi connectivity index (χ1v) is 11.9. The molecule has 0 atom stereocenters. The van der Waals surface area contributed by atoms with Crippen LogP contribution in [0.25, 0.3) is 21.5 Å². The van der Waals surface area contributed by atoms with Gasteiger partial charge < -0.3 is 24.0 Å². The Morgan fingerprint density at radius 3 is 1.69 bits per heavy atom. The van der Waals surface area contributed by atoms with Gasteiger partial charge >= 0.3 is 0 Å². The van der Waals surface area contributed by atoms with Crippen molar-refractivity contribution in [3.05, 3.63) is 42.5 Å². The molecular weight excluding hydrogens is 400 g/mol. The summed E-state index contributed by atoms with van der Waals surface area (Å²) >= 11 is 0. The molecule has 0 saturated carbocycles. The number of methoxy groups -OCH3 is 1. The number of likely N-dealkylation sites (N-methyl/N-ethyl adjacent to an activating group) is 2.